The van der Waals surface area contributed by atoms with Gasteiger partial charge < -0.3 is 20.3 Å². The molecule has 2 atom stereocenters. The smallest absolute Gasteiger partial charge is 0.305 e. The molecule has 0 bridgehead atoms. The molecule has 6 nitrogen and oxygen atoms in total. The van der Waals surface area contributed by atoms with E-state index in [-0.39, 0.29) is 18.5 Å². The minimum absolute atomic E-state index is 0.00896. The van der Waals surface area contributed by atoms with Gasteiger partial charge in [-0.2, -0.15) is 0 Å². The summed E-state index contributed by atoms with van der Waals surface area (Å²) in [5.74, 6) is -0.0206. The second-order valence-corrected chi connectivity index (χ2v) is 27.4. The highest BCUT2D eigenvalue weighted by molar-refractivity contribution is 5.76. The van der Waals surface area contributed by atoms with Crippen LogP contribution in [0.3, 0.4) is 0 Å². The van der Waals surface area contributed by atoms with Crippen LogP contribution in [0.2, 0.25) is 0 Å². The first-order chi connectivity index (χ1) is 43.0. The van der Waals surface area contributed by atoms with Gasteiger partial charge in [0.05, 0.1) is 25.4 Å². The van der Waals surface area contributed by atoms with Gasteiger partial charge in [0.2, 0.25) is 5.91 Å². The molecule has 0 aromatic carbocycles. The van der Waals surface area contributed by atoms with Gasteiger partial charge in [-0.15, -0.1) is 0 Å². The van der Waals surface area contributed by atoms with Crippen LogP contribution in [0.4, 0.5) is 0 Å². The standard InChI is InChI=1S/C81H155NO5/c1-3-5-7-9-11-13-15-17-19-21-22-23-24-29-32-35-38-42-45-49-53-57-61-65-69-73-79(84)78(77-83)82-80(85)74-70-66-62-58-54-50-46-43-39-36-33-30-27-25-26-28-31-34-37-40-44-48-52-56-60-64-68-72-76-87-81(86)75-71-67-63-59-55-51-47-41-20-18-16-14-12-10-8-6-4-2/h12,14,18,20,25-26,78-79,83-84H,3-11,13,15-17,19,21-24,27-77H2,1-2H3,(H,82,85)/b14-12-,20-18-,26-25-. The third-order valence-electron chi connectivity index (χ3n) is 18.7. The summed E-state index contributed by atoms with van der Waals surface area (Å²) in [6.07, 6.45) is 99.4. The maximum atomic E-state index is 12.6. The Kier molecular flexibility index (Phi) is 74.8. The van der Waals surface area contributed by atoms with Gasteiger partial charge in [0.25, 0.3) is 0 Å². The lowest BCUT2D eigenvalue weighted by Crippen LogP contribution is -2.45. The molecule has 0 aliphatic carbocycles. The van der Waals surface area contributed by atoms with Crippen molar-refractivity contribution in [2.45, 2.75) is 456 Å². The van der Waals surface area contributed by atoms with E-state index in [4.69, 9.17) is 4.74 Å². The first kappa shape index (κ1) is 85.1. The predicted molar refractivity (Wildman–Crippen MR) is 384 cm³/mol. The molecule has 0 aromatic heterocycles. The Hall–Kier alpha value is -1.92. The predicted octanol–water partition coefficient (Wildman–Crippen LogP) is 26.2. The zero-order valence-corrected chi connectivity index (χ0v) is 59.0. The Morgan fingerprint density at radius 3 is 0.908 bits per heavy atom. The Labute approximate surface area is 544 Å². The number of unbranched alkanes of at least 4 members (excludes halogenated alkanes) is 58. The van der Waals surface area contributed by atoms with E-state index in [1.165, 1.54) is 360 Å². The topological polar surface area (TPSA) is 95.9 Å². The molecule has 0 saturated carbocycles. The van der Waals surface area contributed by atoms with Gasteiger partial charge in [0.1, 0.15) is 0 Å². The van der Waals surface area contributed by atoms with E-state index in [0.29, 0.717) is 25.9 Å². The third kappa shape index (κ3) is 73.0. The van der Waals surface area contributed by atoms with E-state index < -0.39 is 12.1 Å². The fourth-order valence-corrected chi connectivity index (χ4v) is 12.6. The molecule has 0 aromatic rings. The lowest BCUT2D eigenvalue weighted by Gasteiger charge is -2.22. The van der Waals surface area contributed by atoms with E-state index in [2.05, 4.69) is 55.6 Å². The summed E-state index contributed by atoms with van der Waals surface area (Å²) < 4.78 is 5.50. The summed E-state index contributed by atoms with van der Waals surface area (Å²) in [4.78, 5) is 24.7. The molecule has 0 saturated heterocycles. The monoisotopic (exact) mass is 1220 g/mol. The molecule has 1 amide bonds. The minimum atomic E-state index is -0.666. The second kappa shape index (κ2) is 76.5. The van der Waals surface area contributed by atoms with Crippen molar-refractivity contribution in [2.24, 2.45) is 0 Å². The largest absolute Gasteiger partial charge is 0.466 e. The fourth-order valence-electron chi connectivity index (χ4n) is 12.6. The minimum Gasteiger partial charge on any atom is -0.466 e. The summed E-state index contributed by atoms with van der Waals surface area (Å²) >= 11 is 0. The number of esters is 1. The summed E-state index contributed by atoms with van der Waals surface area (Å²) in [5, 5.41) is 23.5. The van der Waals surface area contributed by atoms with E-state index in [9.17, 15) is 19.8 Å². The number of rotatable bonds is 75. The number of allylic oxidation sites excluding steroid dienone is 6. The lowest BCUT2D eigenvalue weighted by atomic mass is 10.0. The summed E-state index contributed by atoms with van der Waals surface area (Å²) in [6, 6.07) is -0.544. The van der Waals surface area contributed by atoms with Gasteiger partial charge in [-0.1, -0.05) is 384 Å². The lowest BCUT2D eigenvalue weighted by molar-refractivity contribution is -0.143. The number of nitrogens with one attached hydrogen (secondary N) is 1. The van der Waals surface area contributed by atoms with Crippen molar-refractivity contribution >= 4 is 11.9 Å². The maximum Gasteiger partial charge on any atom is 0.305 e. The molecule has 0 aliphatic heterocycles. The molecule has 6 heteroatoms. The first-order valence-corrected chi connectivity index (χ1v) is 39.7. The third-order valence-corrected chi connectivity index (χ3v) is 18.7. The maximum absolute atomic E-state index is 12.6. The van der Waals surface area contributed by atoms with Crippen molar-refractivity contribution in [3.63, 3.8) is 0 Å². The number of carbonyl (C=O) groups excluding carboxylic acids is 2. The Morgan fingerprint density at radius 2 is 0.575 bits per heavy atom. The van der Waals surface area contributed by atoms with Gasteiger partial charge in [-0.3, -0.25) is 9.59 Å². The van der Waals surface area contributed by atoms with Crippen LogP contribution in [0.1, 0.15) is 444 Å². The van der Waals surface area contributed by atoms with Crippen LogP contribution in [0.25, 0.3) is 0 Å². The molecule has 0 radical (unpaired) electrons. The Bertz CT molecular complexity index is 1410. The molecule has 0 spiro atoms. The molecule has 2 unspecified atom stereocenters. The van der Waals surface area contributed by atoms with Crippen LogP contribution in [-0.2, 0) is 14.3 Å². The van der Waals surface area contributed by atoms with E-state index in [1.54, 1.807) is 0 Å². The molecule has 0 heterocycles. The number of hydrogen-bond acceptors (Lipinski definition) is 5. The van der Waals surface area contributed by atoms with Gasteiger partial charge in [0, 0.05) is 12.8 Å². The van der Waals surface area contributed by atoms with Crippen LogP contribution in [0.5, 0.6) is 0 Å². The number of hydrogen-bond donors (Lipinski definition) is 3. The highest BCUT2D eigenvalue weighted by Gasteiger charge is 2.20. The molecular weight excluding hydrogens is 1070 g/mol. The molecule has 87 heavy (non-hydrogen) atoms. The number of aliphatic hydroxyl groups excluding tert-OH is 2. The fraction of sp³-hybridized carbons (Fsp3) is 0.901. The van der Waals surface area contributed by atoms with Gasteiger partial charge in [-0.25, -0.2) is 0 Å². The van der Waals surface area contributed by atoms with E-state index in [1.807, 2.05) is 0 Å². The summed E-state index contributed by atoms with van der Waals surface area (Å²) in [5.41, 5.74) is 0. The molecular formula is C81H155NO5. The van der Waals surface area contributed by atoms with Crippen LogP contribution in [-0.4, -0.2) is 47.4 Å². The first-order valence-electron chi connectivity index (χ1n) is 39.7. The highest BCUT2D eigenvalue weighted by atomic mass is 16.5. The van der Waals surface area contributed by atoms with Crippen LogP contribution in [0.15, 0.2) is 36.5 Å². The average Bonchev–Trinajstić information content (AvgIpc) is 3.53. The van der Waals surface area contributed by atoms with Crippen molar-refractivity contribution in [3.8, 4) is 0 Å². The molecule has 3 N–H and O–H groups in total. The number of ether oxygens (including phenoxy) is 1. The number of carbonyl (C=O) groups is 2. The van der Waals surface area contributed by atoms with Crippen molar-refractivity contribution in [1.82, 2.24) is 5.32 Å². The van der Waals surface area contributed by atoms with Crippen LogP contribution < -0.4 is 5.32 Å². The zero-order chi connectivity index (χ0) is 62.8. The Morgan fingerprint density at radius 1 is 0.322 bits per heavy atom. The van der Waals surface area contributed by atoms with Crippen molar-refractivity contribution in [1.29, 1.82) is 0 Å². The molecule has 0 aliphatic rings. The quantitative estimate of drug-likeness (QED) is 0.0320. The van der Waals surface area contributed by atoms with Gasteiger partial charge in [-0.05, 0) is 83.5 Å². The van der Waals surface area contributed by atoms with Crippen molar-refractivity contribution in [2.75, 3.05) is 13.2 Å². The van der Waals surface area contributed by atoms with E-state index >= 15 is 0 Å². The average molecular weight is 1220 g/mol. The molecule has 514 valence electrons. The highest BCUT2D eigenvalue weighted by Crippen LogP contribution is 2.20. The van der Waals surface area contributed by atoms with Crippen molar-refractivity contribution < 1.29 is 24.5 Å². The van der Waals surface area contributed by atoms with Gasteiger partial charge in [0.15, 0.2) is 0 Å². The van der Waals surface area contributed by atoms with Gasteiger partial charge >= 0.3 is 5.97 Å². The van der Waals surface area contributed by atoms with Crippen molar-refractivity contribution in [3.05, 3.63) is 36.5 Å². The van der Waals surface area contributed by atoms with Crippen LogP contribution >= 0.6 is 0 Å². The number of amides is 1. The Balaban J connectivity index is 3.38. The summed E-state index contributed by atoms with van der Waals surface area (Å²) in [7, 11) is 0. The number of aliphatic hydroxyl groups is 2. The normalized spacial score (nSPS) is 12.6. The second-order valence-electron chi connectivity index (χ2n) is 27.4. The van der Waals surface area contributed by atoms with E-state index in [0.717, 1.165) is 51.4 Å². The molecule has 0 fully saturated rings. The SMILES string of the molecule is CCCCC/C=C\C/C=C\CCCCCCCCCC(=O)OCCCCCCCCCCCCCC/C=C\CCCCCCCCCCCCCCC(=O)NC(CO)C(O)CCCCCCCCCCCCCCCCCCCCCCCCCCC. The zero-order valence-electron chi connectivity index (χ0n) is 59.0. The summed E-state index contributed by atoms with van der Waals surface area (Å²) in [6.45, 7) is 4.97. The van der Waals surface area contributed by atoms with Crippen LogP contribution in [0, 0.1) is 0 Å². The molecule has 0 rings (SSSR count).